The third kappa shape index (κ3) is 5.13. The minimum absolute atomic E-state index is 0.0512. The third-order valence-electron chi connectivity index (χ3n) is 7.28. The Kier molecular flexibility index (Phi) is 7.40. The summed E-state index contributed by atoms with van der Waals surface area (Å²) in [5.41, 5.74) is 6.00. The van der Waals surface area contributed by atoms with Gasteiger partial charge < -0.3 is 9.64 Å². The van der Waals surface area contributed by atoms with Gasteiger partial charge in [0, 0.05) is 29.9 Å². The zero-order valence-corrected chi connectivity index (χ0v) is 23.8. The van der Waals surface area contributed by atoms with Crippen molar-refractivity contribution in [1.29, 1.82) is 0 Å². The zero-order chi connectivity index (χ0) is 27.8. The Morgan fingerprint density at radius 1 is 1.15 bits per heavy atom. The van der Waals surface area contributed by atoms with E-state index in [0.717, 1.165) is 28.9 Å². The van der Waals surface area contributed by atoms with Crippen LogP contribution in [0.2, 0.25) is 0 Å². The molecule has 4 aromatic rings. The molecule has 0 aliphatic carbocycles. The normalized spacial score (nSPS) is 15.6. The summed E-state index contributed by atoms with van der Waals surface area (Å²) in [6, 6.07) is 8.11. The van der Waals surface area contributed by atoms with Crippen LogP contribution in [0.25, 0.3) is 21.9 Å². The molecule has 4 heterocycles. The molecular weight excluding hydrogens is 514 g/mol. The van der Waals surface area contributed by atoms with Crippen molar-refractivity contribution in [3.63, 3.8) is 0 Å². The fourth-order valence-electron chi connectivity index (χ4n) is 5.24. The summed E-state index contributed by atoms with van der Waals surface area (Å²) in [5, 5.41) is 6.63. The largest absolute Gasteiger partial charge is 0.466 e. The van der Waals surface area contributed by atoms with Crippen LogP contribution < -0.4 is 5.56 Å². The summed E-state index contributed by atoms with van der Waals surface area (Å²) >= 11 is 1.34. The van der Waals surface area contributed by atoms with Gasteiger partial charge in [0.25, 0.3) is 5.56 Å². The topological polar surface area (TPSA) is 98.8 Å². The van der Waals surface area contributed by atoms with Gasteiger partial charge in [-0.3, -0.25) is 18.8 Å². The van der Waals surface area contributed by atoms with Gasteiger partial charge in [-0.25, -0.2) is 9.67 Å². The van der Waals surface area contributed by atoms with Crippen LogP contribution >= 0.6 is 11.3 Å². The van der Waals surface area contributed by atoms with E-state index in [1.807, 2.05) is 43.8 Å². The van der Waals surface area contributed by atoms with Gasteiger partial charge in [0.05, 0.1) is 35.9 Å². The van der Waals surface area contributed by atoms with Gasteiger partial charge in [0.15, 0.2) is 4.96 Å². The first kappa shape index (κ1) is 26.8. The highest BCUT2D eigenvalue weighted by Crippen LogP contribution is 2.26. The van der Waals surface area contributed by atoms with E-state index in [1.165, 1.54) is 15.7 Å². The van der Waals surface area contributed by atoms with E-state index in [9.17, 15) is 14.4 Å². The molecule has 0 saturated carbocycles. The van der Waals surface area contributed by atoms with E-state index < -0.39 is 0 Å². The number of carbonyl (C=O) groups is 2. The molecule has 0 spiro atoms. The molecule has 0 N–H and O–H groups in total. The Hall–Kier alpha value is -3.79. The van der Waals surface area contributed by atoms with Gasteiger partial charge in [-0.05, 0) is 70.7 Å². The average Bonchev–Trinajstić information content (AvgIpc) is 3.48. The maximum absolute atomic E-state index is 13.9. The second-order valence-electron chi connectivity index (χ2n) is 10.2. The number of nitrogens with zero attached hydrogens (tertiary/aromatic N) is 5. The molecule has 1 atom stereocenters. The Morgan fingerprint density at radius 3 is 2.72 bits per heavy atom. The smallest absolute Gasteiger partial charge is 0.310 e. The van der Waals surface area contributed by atoms with Crippen molar-refractivity contribution < 1.29 is 14.3 Å². The van der Waals surface area contributed by atoms with E-state index in [2.05, 4.69) is 18.2 Å². The maximum atomic E-state index is 13.9. The van der Waals surface area contributed by atoms with Crippen molar-refractivity contribution in [3.8, 4) is 16.9 Å². The predicted molar refractivity (Wildman–Crippen MR) is 150 cm³/mol. The zero-order valence-electron chi connectivity index (χ0n) is 23.0. The predicted octanol–water partition coefficient (Wildman–Crippen LogP) is 4.19. The molecule has 39 heavy (non-hydrogen) atoms. The van der Waals surface area contributed by atoms with E-state index in [0.29, 0.717) is 53.7 Å². The minimum Gasteiger partial charge on any atom is -0.466 e. The summed E-state index contributed by atoms with van der Waals surface area (Å²) in [6.07, 6.45) is 1.51. The number of fused-ring (bicyclic) bond motifs is 1. The van der Waals surface area contributed by atoms with Crippen LogP contribution in [-0.4, -0.2) is 55.6 Å². The van der Waals surface area contributed by atoms with E-state index >= 15 is 0 Å². The number of benzene rings is 1. The van der Waals surface area contributed by atoms with Crippen LogP contribution in [0.4, 0.5) is 0 Å². The number of thiazole rings is 1. The second kappa shape index (κ2) is 10.8. The summed E-state index contributed by atoms with van der Waals surface area (Å²) in [6.45, 7) is 10.9. The molecule has 1 aliphatic heterocycles. The number of rotatable bonds is 6. The number of hydrogen-bond donors (Lipinski definition) is 0. The molecule has 1 unspecified atom stereocenters. The van der Waals surface area contributed by atoms with Gasteiger partial charge >= 0.3 is 5.97 Å². The Bertz CT molecular complexity index is 1630. The molecule has 1 amide bonds. The Balaban J connectivity index is 1.47. The number of aromatic nitrogens is 4. The van der Waals surface area contributed by atoms with Crippen LogP contribution in [0.3, 0.4) is 0 Å². The lowest BCUT2D eigenvalue weighted by molar-refractivity contribution is -0.151. The number of hydrogen-bond acceptors (Lipinski definition) is 7. The van der Waals surface area contributed by atoms with Crippen molar-refractivity contribution in [3.05, 3.63) is 68.2 Å². The Labute approximate surface area is 231 Å². The van der Waals surface area contributed by atoms with Crippen molar-refractivity contribution in [2.75, 3.05) is 19.7 Å². The fraction of sp³-hybridized carbons (Fsp3) is 0.414. The van der Waals surface area contributed by atoms with Gasteiger partial charge in [-0.1, -0.05) is 12.1 Å². The van der Waals surface area contributed by atoms with Gasteiger partial charge in [0.1, 0.15) is 5.69 Å². The van der Waals surface area contributed by atoms with Gasteiger partial charge in [-0.2, -0.15) is 5.10 Å². The lowest BCUT2D eigenvalue weighted by Gasteiger charge is -2.31. The second-order valence-corrected chi connectivity index (χ2v) is 11.0. The lowest BCUT2D eigenvalue weighted by Crippen LogP contribution is -2.43. The lowest BCUT2D eigenvalue weighted by atomic mass is 9.98. The van der Waals surface area contributed by atoms with Crippen LogP contribution in [0.5, 0.6) is 0 Å². The number of amides is 1. The summed E-state index contributed by atoms with van der Waals surface area (Å²) in [4.78, 5) is 46.3. The first-order valence-corrected chi connectivity index (χ1v) is 14.1. The molecular formula is C29H33N5O4S. The van der Waals surface area contributed by atoms with Gasteiger partial charge in [-0.15, -0.1) is 11.3 Å². The monoisotopic (exact) mass is 547 g/mol. The maximum Gasteiger partial charge on any atom is 0.310 e. The van der Waals surface area contributed by atoms with Crippen LogP contribution in [0.1, 0.15) is 48.0 Å². The molecule has 204 valence electrons. The molecule has 1 aromatic carbocycles. The molecule has 10 heteroatoms. The first-order chi connectivity index (χ1) is 18.7. The van der Waals surface area contributed by atoms with Gasteiger partial charge in [0.2, 0.25) is 5.91 Å². The molecule has 1 aliphatic rings. The summed E-state index contributed by atoms with van der Waals surface area (Å²) in [7, 11) is 0. The quantitative estimate of drug-likeness (QED) is 0.336. The standard InChI is InChI=1S/C29H33N5O4S/c1-6-38-28(37)21-8-7-11-32(15-21)25(35)14-22-16-39-29-30-20(5)26(27(36)33(22)29)23-13-19(4)34(31-23)24-12-17(2)9-10-18(24)3/h9-10,12-13,16,21H,6-8,11,14-15H2,1-5H3. The number of ether oxygens (including phenoxy) is 1. The molecule has 9 nitrogen and oxygen atoms in total. The van der Waals surface area contributed by atoms with E-state index in [4.69, 9.17) is 14.8 Å². The van der Waals surface area contributed by atoms with Crippen molar-refractivity contribution in [1.82, 2.24) is 24.1 Å². The number of piperidine rings is 1. The molecule has 1 saturated heterocycles. The highest BCUT2D eigenvalue weighted by molar-refractivity contribution is 7.15. The third-order valence-corrected chi connectivity index (χ3v) is 8.16. The SMILES string of the molecule is CCOC(=O)C1CCCN(C(=O)Cc2csc3nc(C)c(-c4cc(C)n(-c5cc(C)ccc5C)n4)c(=O)n23)C1. The molecule has 0 radical (unpaired) electrons. The summed E-state index contributed by atoms with van der Waals surface area (Å²) < 4.78 is 8.56. The van der Waals surface area contributed by atoms with Crippen molar-refractivity contribution in [2.45, 2.75) is 53.9 Å². The van der Waals surface area contributed by atoms with E-state index in [-0.39, 0.29) is 29.8 Å². The van der Waals surface area contributed by atoms with Crippen LogP contribution in [0, 0.1) is 33.6 Å². The van der Waals surface area contributed by atoms with Crippen molar-refractivity contribution in [2.24, 2.45) is 5.92 Å². The number of likely N-dealkylation sites (tertiary alicyclic amines) is 1. The molecule has 1 fully saturated rings. The highest BCUT2D eigenvalue weighted by atomic mass is 32.1. The average molecular weight is 548 g/mol. The number of carbonyl (C=O) groups excluding carboxylic acids is 2. The minimum atomic E-state index is -0.309. The highest BCUT2D eigenvalue weighted by Gasteiger charge is 2.30. The molecule has 3 aromatic heterocycles. The Morgan fingerprint density at radius 2 is 1.95 bits per heavy atom. The first-order valence-electron chi connectivity index (χ1n) is 13.3. The summed E-state index contributed by atoms with van der Waals surface area (Å²) in [5.74, 6) is -0.684. The molecule has 0 bridgehead atoms. The number of aryl methyl sites for hydroxylation is 4. The molecule has 5 rings (SSSR count). The van der Waals surface area contributed by atoms with Crippen molar-refractivity contribution >= 4 is 28.2 Å². The van der Waals surface area contributed by atoms with E-state index in [1.54, 1.807) is 11.8 Å². The van der Waals surface area contributed by atoms with Crippen LogP contribution in [-0.2, 0) is 20.7 Å². The van der Waals surface area contributed by atoms with Crippen LogP contribution in [0.15, 0.2) is 34.4 Å². The fourth-order valence-corrected chi connectivity index (χ4v) is 6.16. The number of esters is 1.